The molecular formula is C36H38ClF3N6O4. The number of hydrogen-bond acceptors (Lipinski definition) is 9. The van der Waals surface area contributed by atoms with Crippen LogP contribution in [0.1, 0.15) is 59.3 Å². The second-order valence-electron chi connectivity index (χ2n) is 15.0. The lowest BCUT2D eigenvalue weighted by Gasteiger charge is -2.42. The van der Waals surface area contributed by atoms with Crippen molar-refractivity contribution in [1.82, 2.24) is 24.8 Å². The van der Waals surface area contributed by atoms with Gasteiger partial charge < -0.3 is 19.5 Å². The van der Waals surface area contributed by atoms with Gasteiger partial charge in [-0.25, -0.2) is 22.9 Å². The van der Waals surface area contributed by atoms with Gasteiger partial charge in [0, 0.05) is 24.0 Å². The normalized spacial score (nSPS) is 21.7. The second-order valence-corrected chi connectivity index (χ2v) is 15.3. The van der Waals surface area contributed by atoms with Crippen molar-refractivity contribution >= 4 is 45.2 Å². The van der Waals surface area contributed by atoms with E-state index in [0.717, 1.165) is 63.7 Å². The number of phenolic OH excluding ortho intramolecular Hbond substituents is 1. The number of nitrogens with zero attached hydrogens (tertiary/aromatic N) is 6. The minimum atomic E-state index is -1.21. The summed E-state index contributed by atoms with van der Waals surface area (Å²) >= 11 is 6.87. The largest absolute Gasteiger partial charge is 0.508 e. The molecule has 0 spiro atoms. The van der Waals surface area contributed by atoms with E-state index in [1.807, 2.05) is 25.7 Å². The molecule has 4 aromatic rings. The first kappa shape index (κ1) is 33.1. The Morgan fingerprint density at radius 2 is 1.70 bits per heavy atom. The zero-order valence-electron chi connectivity index (χ0n) is 28.1. The molecule has 14 heteroatoms. The molecule has 1 N–H and O–H groups in total. The predicted octanol–water partition coefficient (Wildman–Crippen LogP) is 7.22. The molecule has 2 bridgehead atoms. The van der Waals surface area contributed by atoms with Crippen molar-refractivity contribution in [2.45, 2.75) is 82.5 Å². The molecule has 6 heterocycles. The molecule has 50 heavy (non-hydrogen) atoms. The van der Waals surface area contributed by atoms with Crippen molar-refractivity contribution in [1.29, 1.82) is 0 Å². The molecule has 0 saturated carbocycles. The van der Waals surface area contributed by atoms with Crippen LogP contribution in [0.4, 0.5) is 23.8 Å². The van der Waals surface area contributed by atoms with Crippen molar-refractivity contribution in [3.05, 3.63) is 46.9 Å². The number of benzene rings is 2. The van der Waals surface area contributed by atoms with E-state index in [4.69, 9.17) is 26.1 Å². The summed E-state index contributed by atoms with van der Waals surface area (Å²) in [6.07, 6.45) is 5.20. The number of aromatic nitrogens is 3. The maximum Gasteiger partial charge on any atom is 0.410 e. The highest BCUT2D eigenvalue weighted by Crippen LogP contribution is 2.43. The van der Waals surface area contributed by atoms with Crippen molar-refractivity contribution in [2.24, 2.45) is 0 Å². The van der Waals surface area contributed by atoms with Crippen LogP contribution in [0.3, 0.4) is 0 Å². The molecule has 8 rings (SSSR count). The van der Waals surface area contributed by atoms with Crippen LogP contribution >= 0.6 is 11.6 Å². The van der Waals surface area contributed by atoms with Gasteiger partial charge in [0.15, 0.2) is 17.5 Å². The molecule has 4 saturated heterocycles. The molecule has 4 aliphatic rings. The molecular weight excluding hydrogens is 673 g/mol. The van der Waals surface area contributed by atoms with Crippen LogP contribution in [-0.4, -0.2) is 92.0 Å². The zero-order valence-corrected chi connectivity index (χ0v) is 28.9. The monoisotopic (exact) mass is 710 g/mol. The molecule has 10 nitrogen and oxygen atoms in total. The first-order valence-electron chi connectivity index (χ1n) is 17.1. The lowest BCUT2D eigenvalue weighted by molar-refractivity contribution is 0.0122. The summed E-state index contributed by atoms with van der Waals surface area (Å²) < 4.78 is 58.7. The van der Waals surface area contributed by atoms with Crippen molar-refractivity contribution in [3.8, 4) is 23.0 Å². The topological polar surface area (TPSA) is 104 Å². The van der Waals surface area contributed by atoms with Crippen LogP contribution in [0.5, 0.6) is 11.8 Å². The van der Waals surface area contributed by atoms with Gasteiger partial charge in [-0.3, -0.25) is 9.80 Å². The molecule has 0 aliphatic carbocycles. The van der Waals surface area contributed by atoms with Crippen molar-refractivity contribution in [3.63, 3.8) is 0 Å². The fraction of sp³-hybridized carbons (Fsp3) is 0.500. The Morgan fingerprint density at radius 3 is 2.38 bits per heavy atom. The third-order valence-electron chi connectivity index (χ3n) is 10.6. The minimum Gasteiger partial charge on any atom is -0.508 e. The van der Waals surface area contributed by atoms with E-state index in [0.29, 0.717) is 25.5 Å². The molecule has 2 unspecified atom stereocenters. The molecule has 0 radical (unpaired) electrons. The first-order chi connectivity index (χ1) is 23.8. The van der Waals surface area contributed by atoms with E-state index in [-0.39, 0.29) is 67.9 Å². The average Bonchev–Trinajstić information content (AvgIpc) is 3.72. The van der Waals surface area contributed by atoms with Gasteiger partial charge in [-0.15, -0.1) is 0 Å². The summed E-state index contributed by atoms with van der Waals surface area (Å²) in [5, 5.41) is 10.4. The molecule has 264 valence electrons. The summed E-state index contributed by atoms with van der Waals surface area (Å²) in [7, 11) is 0. The second kappa shape index (κ2) is 12.0. The average molecular weight is 711 g/mol. The van der Waals surface area contributed by atoms with E-state index in [1.54, 1.807) is 4.90 Å². The molecule has 4 fully saturated rings. The third kappa shape index (κ3) is 5.53. The third-order valence-corrected chi connectivity index (χ3v) is 10.9. The highest BCUT2D eigenvalue weighted by atomic mass is 35.5. The Labute approximate surface area is 292 Å². The number of piperazine rings is 1. The van der Waals surface area contributed by atoms with Crippen LogP contribution < -0.4 is 9.64 Å². The highest BCUT2D eigenvalue weighted by molar-refractivity contribution is 6.35. The number of carbonyl (C=O) groups is 1. The standard InChI is InChI=1S/C36H38ClF3N6O4/c1-35(2,3)50-34(48)46-20-7-8-21(46)17-44(16-20)32-26-30(42-33(43-32)49-18-36-10-4-12-45(36)13-5-11-36)28(40)29(41-31(26)37)23-15-22(47)14-19-6-9-24(38)27(39)25(19)23/h6,9,14-15,20-21,47H,4-5,7-8,10-13,16-18H2,1-3H3. The number of rotatable bonds is 5. The molecule has 2 aromatic heterocycles. The SMILES string of the molecule is CC(C)(C)OC(=O)N1C2CCC1CN(c1nc(OCC34CCCN3CCC4)nc3c(F)c(-c4cc(O)cc5ccc(F)c(F)c45)nc(Cl)c13)C2. The Morgan fingerprint density at radius 1 is 1.00 bits per heavy atom. The highest BCUT2D eigenvalue weighted by Gasteiger charge is 2.47. The number of fused-ring (bicyclic) bond motifs is 5. The Bertz CT molecular complexity index is 2020. The lowest BCUT2D eigenvalue weighted by atomic mass is 9.95. The lowest BCUT2D eigenvalue weighted by Crippen LogP contribution is -2.57. The van der Waals surface area contributed by atoms with Crippen LogP contribution in [0.2, 0.25) is 5.15 Å². The summed E-state index contributed by atoms with van der Waals surface area (Å²) in [5.74, 6) is -3.29. The maximum absolute atomic E-state index is 16.9. The van der Waals surface area contributed by atoms with E-state index in [1.165, 1.54) is 12.1 Å². The summed E-state index contributed by atoms with van der Waals surface area (Å²) in [4.78, 5) is 33.1. The van der Waals surface area contributed by atoms with Gasteiger partial charge in [0.25, 0.3) is 0 Å². The number of halogens is 4. The number of amides is 1. The smallest absolute Gasteiger partial charge is 0.410 e. The Hall–Kier alpha value is -4.10. The minimum absolute atomic E-state index is 0.0485. The van der Waals surface area contributed by atoms with Crippen molar-refractivity contribution in [2.75, 3.05) is 37.7 Å². The van der Waals surface area contributed by atoms with Gasteiger partial charge in [-0.05, 0) is 96.0 Å². The van der Waals surface area contributed by atoms with Gasteiger partial charge in [0.05, 0.1) is 23.0 Å². The summed E-state index contributed by atoms with van der Waals surface area (Å²) in [6, 6.07) is 4.20. The van der Waals surface area contributed by atoms with Gasteiger partial charge in [-0.1, -0.05) is 17.7 Å². The van der Waals surface area contributed by atoms with Gasteiger partial charge in [0.1, 0.15) is 40.1 Å². The quantitative estimate of drug-likeness (QED) is 0.215. The molecule has 2 atom stereocenters. The van der Waals surface area contributed by atoms with Gasteiger partial charge >= 0.3 is 12.1 Å². The number of aromatic hydroxyl groups is 1. The summed E-state index contributed by atoms with van der Waals surface area (Å²) in [5.41, 5.74) is -1.59. The van der Waals surface area contributed by atoms with E-state index in [9.17, 15) is 14.3 Å². The molecule has 1 amide bonds. The number of pyridine rings is 1. The van der Waals surface area contributed by atoms with E-state index in [2.05, 4.69) is 14.9 Å². The maximum atomic E-state index is 16.9. The van der Waals surface area contributed by atoms with E-state index < -0.39 is 28.7 Å². The van der Waals surface area contributed by atoms with Crippen LogP contribution in [0.15, 0.2) is 24.3 Å². The number of hydrogen-bond donors (Lipinski definition) is 1. The number of carbonyl (C=O) groups excluding carboxylic acids is 1. The summed E-state index contributed by atoms with van der Waals surface area (Å²) in [6.45, 7) is 8.55. The van der Waals surface area contributed by atoms with Crippen LogP contribution in [-0.2, 0) is 4.74 Å². The van der Waals surface area contributed by atoms with Crippen LogP contribution in [0, 0.1) is 17.5 Å². The number of anilines is 1. The van der Waals surface area contributed by atoms with Gasteiger partial charge in [-0.2, -0.15) is 9.97 Å². The van der Waals surface area contributed by atoms with Crippen molar-refractivity contribution < 1.29 is 32.5 Å². The fourth-order valence-electron chi connectivity index (χ4n) is 8.48. The fourth-order valence-corrected chi connectivity index (χ4v) is 8.74. The first-order valence-corrected chi connectivity index (χ1v) is 17.5. The van der Waals surface area contributed by atoms with Gasteiger partial charge in [0.2, 0.25) is 0 Å². The van der Waals surface area contributed by atoms with E-state index >= 15 is 8.78 Å². The zero-order chi connectivity index (χ0) is 35.1. The Balaban J connectivity index is 1.25. The number of phenols is 1. The number of ether oxygens (including phenoxy) is 2. The molecule has 4 aliphatic heterocycles. The van der Waals surface area contributed by atoms with Crippen LogP contribution in [0.25, 0.3) is 32.9 Å². The molecule has 2 aromatic carbocycles. The predicted molar refractivity (Wildman–Crippen MR) is 182 cm³/mol. The Kier molecular flexibility index (Phi) is 7.94.